The monoisotopic (exact) mass is 356 g/mol. The van der Waals surface area contributed by atoms with Crippen molar-refractivity contribution in [2.24, 2.45) is 0 Å². The van der Waals surface area contributed by atoms with Crippen molar-refractivity contribution in [2.45, 2.75) is 12.6 Å². The number of thiazole rings is 1. The largest absolute Gasteiger partial charge is 0.416 e. The van der Waals surface area contributed by atoms with Crippen molar-refractivity contribution in [3.05, 3.63) is 40.9 Å². The maximum Gasteiger partial charge on any atom is 0.416 e. The number of carbonyl (C=O) groups is 1. The van der Waals surface area contributed by atoms with Gasteiger partial charge in [0, 0.05) is 24.0 Å². The summed E-state index contributed by atoms with van der Waals surface area (Å²) >= 11 is 1.32. The van der Waals surface area contributed by atoms with E-state index in [1.807, 2.05) is 0 Å². The summed E-state index contributed by atoms with van der Waals surface area (Å²) in [6.45, 7) is 2.24. The van der Waals surface area contributed by atoms with Gasteiger partial charge in [-0.05, 0) is 12.1 Å². The molecular formula is C16H15F3N2O2S. The fourth-order valence-corrected chi connectivity index (χ4v) is 3.23. The number of nitrogens with zero attached hydrogens (tertiary/aromatic N) is 2. The maximum absolute atomic E-state index is 12.6. The van der Waals surface area contributed by atoms with Crippen LogP contribution >= 0.6 is 11.3 Å². The molecule has 0 saturated carbocycles. The van der Waals surface area contributed by atoms with Gasteiger partial charge < -0.3 is 9.64 Å². The van der Waals surface area contributed by atoms with Crippen molar-refractivity contribution in [3.8, 4) is 10.6 Å². The lowest BCUT2D eigenvalue weighted by atomic mass is 10.1. The molecule has 1 aromatic heterocycles. The van der Waals surface area contributed by atoms with E-state index >= 15 is 0 Å². The highest BCUT2D eigenvalue weighted by atomic mass is 32.1. The van der Waals surface area contributed by atoms with Gasteiger partial charge in [-0.15, -0.1) is 11.3 Å². The first-order valence-electron chi connectivity index (χ1n) is 7.41. The Balaban J connectivity index is 1.67. The third kappa shape index (κ3) is 3.93. The number of rotatable bonds is 3. The van der Waals surface area contributed by atoms with Crippen LogP contribution in [0.4, 0.5) is 13.2 Å². The summed E-state index contributed by atoms with van der Waals surface area (Å²) in [6.07, 6.45) is -4.16. The van der Waals surface area contributed by atoms with E-state index in [0.29, 0.717) is 42.6 Å². The fraction of sp³-hybridized carbons (Fsp3) is 0.375. The summed E-state index contributed by atoms with van der Waals surface area (Å²) in [5, 5.41) is 2.37. The van der Waals surface area contributed by atoms with Crippen molar-refractivity contribution < 1.29 is 22.7 Å². The number of benzene rings is 1. The van der Waals surface area contributed by atoms with Crippen LogP contribution in [0.1, 0.15) is 11.3 Å². The molecule has 2 aromatic rings. The number of ether oxygens (including phenoxy) is 1. The first-order valence-corrected chi connectivity index (χ1v) is 8.29. The van der Waals surface area contributed by atoms with E-state index in [1.54, 1.807) is 10.3 Å². The molecule has 0 N–H and O–H groups in total. The molecule has 1 fully saturated rings. The highest BCUT2D eigenvalue weighted by molar-refractivity contribution is 7.13. The molecule has 0 radical (unpaired) electrons. The van der Waals surface area contributed by atoms with Crippen molar-refractivity contribution in [1.29, 1.82) is 0 Å². The van der Waals surface area contributed by atoms with E-state index in [4.69, 9.17) is 4.74 Å². The van der Waals surface area contributed by atoms with Gasteiger partial charge in [-0.2, -0.15) is 13.2 Å². The first kappa shape index (κ1) is 16.9. The van der Waals surface area contributed by atoms with Crippen LogP contribution in [-0.4, -0.2) is 42.1 Å². The van der Waals surface area contributed by atoms with E-state index in [0.717, 1.165) is 12.1 Å². The minimum Gasteiger partial charge on any atom is -0.378 e. The Bertz CT molecular complexity index is 707. The van der Waals surface area contributed by atoms with Gasteiger partial charge in [-0.3, -0.25) is 4.79 Å². The molecule has 3 rings (SSSR count). The van der Waals surface area contributed by atoms with Crippen molar-refractivity contribution in [1.82, 2.24) is 9.88 Å². The standard InChI is InChI=1S/C16H15F3N2O2S/c17-16(18,19)12-3-1-11(2-4-12)15-20-13(10-24-15)9-14(22)21-5-7-23-8-6-21/h1-4,10H,5-9H2. The van der Waals surface area contributed by atoms with Gasteiger partial charge in [0.25, 0.3) is 0 Å². The fourth-order valence-electron chi connectivity index (χ4n) is 2.40. The number of aromatic nitrogens is 1. The number of morpholine rings is 1. The Morgan fingerprint density at radius 3 is 2.50 bits per heavy atom. The van der Waals surface area contributed by atoms with Crippen molar-refractivity contribution >= 4 is 17.2 Å². The molecule has 0 unspecified atom stereocenters. The van der Waals surface area contributed by atoms with Crippen molar-refractivity contribution in [2.75, 3.05) is 26.3 Å². The number of hydrogen-bond acceptors (Lipinski definition) is 4. The second kappa shape index (κ2) is 6.90. The molecule has 0 bridgehead atoms. The SMILES string of the molecule is O=C(Cc1csc(-c2ccc(C(F)(F)F)cc2)n1)N1CCOCC1. The second-order valence-electron chi connectivity index (χ2n) is 5.39. The van der Waals surface area contributed by atoms with Gasteiger partial charge in [0.1, 0.15) is 5.01 Å². The summed E-state index contributed by atoms with van der Waals surface area (Å²) in [7, 11) is 0. The highest BCUT2D eigenvalue weighted by Crippen LogP contribution is 2.31. The molecule has 24 heavy (non-hydrogen) atoms. The average Bonchev–Trinajstić information content (AvgIpc) is 3.03. The Morgan fingerprint density at radius 1 is 1.21 bits per heavy atom. The number of halogens is 3. The van der Waals surface area contributed by atoms with Crippen LogP contribution in [0.3, 0.4) is 0 Å². The topological polar surface area (TPSA) is 42.4 Å². The molecule has 1 aromatic carbocycles. The average molecular weight is 356 g/mol. The third-order valence-corrected chi connectivity index (χ3v) is 4.65. The molecule has 1 saturated heterocycles. The first-order chi connectivity index (χ1) is 11.4. The molecule has 128 valence electrons. The van der Waals surface area contributed by atoms with E-state index < -0.39 is 11.7 Å². The smallest absolute Gasteiger partial charge is 0.378 e. The maximum atomic E-state index is 12.6. The van der Waals surface area contributed by atoms with Gasteiger partial charge in [-0.25, -0.2) is 4.98 Å². The third-order valence-electron chi connectivity index (χ3n) is 3.71. The van der Waals surface area contributed by atoms with E-state index in [1.165, 1.54) is 23.5 Å². The van der Waals surface area contributed by atoms with Crippen LogP contribution in [0.15, 0.2) is 29.6 Å². The minimum atomic E-state index is -4.35. The second-order valence-corrected chi connectivity index (χ2v) is 6.25. The number of amides is 1. The van der Waals surface area contributed by atoms with Gasteiger partial charge in [0.15, 0.2) is 0 Å². The molecule has 4 nitrogen and oxygen atoms in total. The molecule has 0 spiro atoms. The molecule has 0 atom stereocenters. The zero-order valence-electron chi connectivity index (χ0n) is 12.7. The van der Waals surface area contributed by atoms with E-state index in [-0.39, 0.29) is 12.3 Å². The zero-order chi connectivity index (χ0) is 17.2. The lowest BCUT2D eigenvalue weighted by Crippen LogP contribution is -2.41. The predicted octanol–water partition coefficient (Wildman–Crippen LogP) is 3.23. The molecule has 0 aliphatic carbocycles. The quantitative estimate of drug-likeness (QED) is 0.848. The normalized spacial score (nSPS) is 15.5. The molecule has 8 heteroatoms. The Hall–Kier alpha value is -1.93. The molecule has 1 aliphatic rings. The molecular weight excluding hydrogens is 341 g/mol. The highest BCUT2D eigenvalue weighted by Gasteiger charge is 2.30. The zero-order valence-corrected chi connectivity index (χ0v) is 13.5. The summed E-state index contributed by atoms with van der Waals surface area (Å²) in [4.78, 5) is 18.3. The summed E-state index contributed by atoms with van der Waals surface area (Å²) in [6, 6.07) is 4.87. The number of alkyl halides is 3. The minimum absolute atomic E-state index is 0.0115. The Labute approximate surface area is 140 Å². The Morgan fingerprint density at radius 2 is 1.88 bits per heavy atom. The van der Waals surface area contributed by atoms with Crippen LogP contribution in [0.2, 0.25) is 0 Å². The summed E-state index contributed by atoms with van der Waals surface area (Å²) in [5.41, 5.74) is 0.551. The summed E-state index contributed by atoms with van der Waals surface area (Å²) < 4.78 is 43.0. The van der Waals surface area contributed by atoms with E-state index in [9.17, 15) is 18.0 Å². The molecule has 2 heterocycles. The summed E-state index contributed by atoms with van der Waals surface area (Å²) in [5.74, 6) is -0.0115. The van der Waals surface area contributed by atoms with Crippen molar-refractivity contribution in [3.63, 3.8) is 0 Å². The molecule has 1 aliphatic heterocycles. The van der Waals surface area contributed by atoms with Gasteiger partial charge in [0.05, 0.1) is 30.9 Å². The lowest BCUT2D eigenvalue weighted by molar-refractivity contribution is -0.137. The predicted molar refractivity (Wildman–Crippen MR) is 83.7 cm³/mol. The van der Waals surface area contributed by atoms with Crippen LogP contribution < -0.4 is 0 Å². The van der Waals surface area contributed by atoms with Gasteiger partial charge >= 0.3 is 6.18 Å². The van der Waals surface area contributed by atoms with Crippen LogP contribution in [0.5, 0.6) is 0 Å². The van der Waals surface area contributed by atoms with Gasteiger partial charge in [0.2, 0.25) is 5.91 Å². The van der Waals surface area contributed by atoms with Gasteiger partial charge in [-0.1, -0.05) is 12.1 Å². The Kier molecular flexibility index (Phi) is 4.86. The lowest BCUT2D eigenvalue weighted by Gasteiger charge is -2.26. The number of carbonyl (C=O) groups excluding carboxylic acids is 1. The van der Waals surface area contributed by atoms with E-state index in [2.05, 4.69) is 4.98 Å². The van der Waals surface area contributed by atoms with Crippen LogP contribution in [0.25, 0.3) is 10.6 Å². The van der Waals surface area contributed by atoms with Crippen LogP contribution in [0, 0.1) is 0 Å². The number of hydrogen-bond donors (Lipinski definition) is 0. The van der Waals surface area contributed by atoms with Crippen LogP contribution in [-0.2, 0) is 22.1 Å². The molecule has 1 amide bonds.